The van der Waals surface area contributed by atoms with E-state index in [1.807, 2.05) is 6.07 Å². The molecule has 0 N–H and O–H groups in total. The van der Waals surface area contributed by atoms with E-state index in [1.165, 1.54) is 5.56 Å². The van der Waals surface area contributed by atoms with E-state index in [-0.39, 0.29) is 0 Å². The minimum Gasteiger partial charge on any atom is -0.158 e. The van der Waals surface area contributed by atoms with E-state index in [9.17, 15) is 0 Å². The molecule has 0 saturated heterocycles. The molecule has 0 saturated carbocycles. The maximum absolute atomic E-state index is 3.82. The van der Waals surface area contributed by atoms with Gasteiger partial charge in [-0.25, -0.2) is 0 Å². The van der Waals surface area contributed by atoms with Crippen LogP contribution >= 0.6 is 15.9 Å². The molecule has 3 heteroatoms. The van der Waals surface area contributed by atoms with Crippen LogP contribution in [0.4, 0.5) is 0 Å². The zero-order valence-corrected chi connectivity index (χ0v) is 6.72. The minimum absolute atomic E-state index is 0.854. The zero-order valence-electron chi connectivity index (χ0n) is 5.13. The first kappa shape index (κ1) is 6.68. The number of hydrogen-bond acceptors (Lipinski definition) is 2. The molecule has 0 aromatic carbocycles. The Kier molecular flexibility index (Phi) is 2.16. The van der Waals surface area contributed by atoms with Crippen molar-refractivity contribution in [1.82, 2.24) is 10.2 Å². The predicted molar refractivity (Wildman–Crippen MR) is 39.1 cm³/mol. The summed E-state index contributed by atoms with van der Waals surface area (Å²) in [6.45, 7) is 2.09. The molecule has 0 aliphatic rings. The second kappa shape index (κ2) is 2.92. The van der Waals surface area contributed by atoms with Crippen LogP contribution in [0.25, 0.3) is 0 Å². The lowest BCUT2D eigenvalue weighted by atomic mass is 10.2. The lowest BCUT2D eigenvalue weighted by molar-refractivity contribution is 0.955. The Labute approximate surface area is 62.4 Å². The molecule has 0 amide bonds. The van der Waals surface area contributed by atoms with Crippen molar-refractivity contribution in [2.75, 3.05) is 0 Å². The van der Waals surface area contributed by atoms with Gasteiger partial charge in [-0.15, -0.1) is 5.10 Å². The van der Waals surface area contributed by atoms with Gasteiger partial charge in [-0.2, -0.15) is 5.10 Å². The molecule has 1 heterocycles. The maximum Gasteiger partial charge on any atom is 0.131 e. The van der Waals surface area contributed by atoms with Crippen LogP contribution in [-0.2, 0) is 6.42 Å². The van der Waals surface area contributed by atoms with Crippen LogP contribution in [0.15, 0.2) is 16.9 Å². The Morgan fingerprint density at radius 2 is 2.44 bits per heavy atom. The fraction of sp³-hybridized carbons (Fsp3) is 0.333. The molecule has 1 aromatic heterocycles. The van der Waals surface area contributed by atoms with Gasteiger partial charge in [-0.05, 0) is 34.0 Å². The van der Waals surface area contributed by atoms with Crippen LogP contribution < -0.4 is 0 Å². The van der Waals surface area contributed by atoms with Crippen molar-refractivity contribution in [3.05, 3.63) is 22.4 Å². The van der Waals surface area contributed by atoms with Gasteiger partial charge in [0, 0.05) is 6.20 Å². The van der Waals surface area contributed by atoms with Crippen LogP contribution in [-0.4, -0.2) is 10.2 Å². The second-order valence-electron chi connectivity index (χ2n) is 1.70. The molecule has 0 aliphatic carbocycles. The molecule has 2 nitrogen and oxygen atoms in total. The van der Waals surface area contributed by atoms with E-state index in [4.69, 9.17) is 0 Å². The summed E-state index contributed by atoms with van der Waals surface area (Å²) < 4.78 is 0.854. The van der Waals surface area contributed by atoms with E-state index in [0.717, 1.165) is 11.0 Å². The number of nitrogens with zero attached hydrogens (tertiary/aromatic N) is 2. The molecule has 0 fully saturated rings. The lowest BCUT2D eigenvalue weighted by Crippen LogP contribution is -1.87. The maximum atomic E-state index is 3.82. The Bertz CT molecular complexity index is 200. The Morgan fingerprint density at radius 3 is 2.89 bits per heavy atom. The zero-order chi connectivity index (χ0) is 6.69. The van der Waals surface area contributed by atoms with Crippen molar-refractivity contribution < 1.29 is 0 Å². The van der Waals surface area contributed by atoms with Gasteiger partial charge in [-0.3, -0.25) is 0 Å². The van der Waals surface area contributed by atoms with Gasteiger partial charge in [0.2, 0.25) is 0 Å². The highest BCUT2D eigenvalue weighted by molar-refractivity contribution is 9.10. The molecular weight excluding hydrogens is 180 g/mol. The van der Waals surface area contributed by atoms with Crippen LogP contribution in [0.3, 0.4) is 0 Å². The monoisotopic (exact) mass is 186 g/mol. The van der Waals surface area contributed by atoms with Gasteiger partial charge in [0.1, 0.15) is 4.60 Å². The van der Waals surface area contributed by atoms with Crippen molar-refractivity contribution in [3.8, 4) is 0 Å². The van der Waals surface area contributed by atoms with Gasteiger partial charge in [-0.1, -0.05) is 6.92 Å². The Balaban J connectivity index is 3.01. The van der Waals surface area contributed by atoms with Crippen molar-refractivity contribution in [1.29, 1.82) is 0 Å². The topological polar surface area (TPSA) is 25.8 Å². The average molecular weight is 187 g/mol. The van der Waals surface area contributed by atoms with Gasteiger partial charge >= 0.3 is 0 Å². The van der Waals surface area contributed by atoms with Crippen LogP contribution in [0.1, 0.15) is 12.5 Å². The highest BCUT2D eigenvalue weighted by Crippen LogP contribution is 2.10. The second-order valence-corrected chi connectivity index (χ2v) is 2.45. The third kappa shape index (κ3) is 1.48. The molecular formula is C6H7BrN2. The smallest absolute Gasteiger partial charge is 0.131 e. The van der Waals surface area contributed by atoms with Crippen LogP contribution in [0, 0.1) is 0 Å². The van der Waals surface area contributed by atoms with Crippen molar-refractivity contribution in [2.45, 2.75) is 13.3 Å². The van der Waals surface area contributed by atoms with E-state index in [0.29, 0.717) is 0 Å². The summed E-state index contributed by atoms with van der Waals surface area (Å²) >= 11 is 3.28. The molecule has 0 atom stereocenters. The molecule has 0 unspecified atom stereocenters. The van der Waals surface area contributed by atoms with E-state index in [1.54, 1.807) is 6.20 Å². The number of aryl methyl sites for hydroxylation is 1. The summed E-state index contributed by atoms with van der Waals surface area (Å²) in [4.78, 5) is 0. The summed E-state index contributed by atoms with van der Waals surface area (Å²) in [5.74, 6) is 0. The lowest BCUT2D eigenvalue weighted by Gasteiger charge is -1.94. The van der Waals surface area contributed by atoms with Crippen LogP contribution in [0.2, 0.25) is 0 Å². The molecule has 0 aliphatic heterocycles. The van der Waals surface area contributed by atoms with Gasteiger partial charge in [0.25, 0.3) is 0 Å². The summed E-state index contributed by atoms with van der Waals surface area (Å²) in [6, 6.07) is 1.96. The quantitative estimate of drug-likeness (QED) is 0.669. The number of halogens is 1. The van der Waals surface area contributed by atoms with Gasteiger partial charge in [0.05, 0.1) is 0 Å². The highest BCUT2D eigenvalue weighted by atomic mass is 79.9. The molecule has 0 radical (unpaired) electrons. The summed E-state index contributed by atoms with van der Waals surface area (Å²) in [5.41, 5.74) is 1.20. The fourth-order valence-corrected chi connectivity index (χ4v) is 1.11. The van der Waals surface area contributed by atoms with Crippen molar-refractivity contribution >= 4 is 15.9 Å². The number of rotatable bonds is 1. The predicted octanol–water partition coefficient (Wildman–Crippen LogP) is 1.80. The largest absolute Gasteiger partial charge is 0.158 e. The first-order chi connectivity index (χ1) is 4.34. The normalized spacial score (nSPS) is 9.56. The Hall–Kier alpha value is -0.440. The number of hydrogen-bond donors (Lipinski definition) is 0. The van der Waals surface area contributed by atoms with E-state index >= 15 is 0 Å². The standard InChI is InChI=1S/C6H7BrN2/c1-2-5-3-4-8-9-6(5)7/h3-4H,2H2,1H3. The van der Waals surface area contributed by atoms with E-state index in [2.05, 4.69) is 33.1 Å². The van der Waals surface area contributed by atoms with Crippen LogP contribution in [0.5, 0.6) is 0 Å². The summed E-state index contributed by atoms with van der Waals surface area (Å²) in [6.07, 6.45) is 2.69. The molecule has 1 rings (SSSR count). The van der Waals surface area contributed by atoms with Gasteiger partial charge in [0.15, 0.2) is 0 Å². The third-order valence-corrected chi connectivity index (χ3v) is 1.80. The molecule has 48 valence electrons. The minimum atomic E-state index is 0.854. The fourth-order valence-electron chi connectivity index (χ4n) is 0.604. The third-order valence-electron chi connectivity index (χ3n) is 1.13. The van der Waals surface area contributed by atoms with Gasteiger partial charge < -0.3 is 0 Å². The van der Waals surface area contributed by atoms with E-state index < -0.39 is 0 Å². The average Bonchev–Trinajstić information content (AvgIpc) is 1.89. The Morgan fingerprint density at radius 1 is 1.67 bits per heavy atom. The van der Waals surface area contributed by atoms with Crippen molar-refractivity contribution in [3.63, 3.8) is 0 Å². The van der Waals surface area contributed by atoms with Crippen molar-refractivity contribution in [2.24, 2.45) is 0 Å². The summed E-state index contributed by atoms with van der Waals surface area (Å²) in [7, 11) is 0. The molecule has 0 spiro atoms. The SMILES string of the molecule is CCc1ccnnc1Br. The molecule has 9 heavy (non-hydrogen) atoms. The first-order valence-corrected chi connectivity index (χ1v) is 3.60. The molecule has 1 aromatic rings. The molecule has 0 bridgehead atoms. The first-order valence-electron chi connectivity index (χ1n) is 2.80. The summed E-state index contributed by atoms with van der Waals surface area (Å²) in [5, 5.41) is 7.51. The number of aromatic nitrogens is 2. The highest BCUT2D eigenvalue weighted by Gasteiger charge is 1.94.